The van der Waals surface area contributed by atoms with Crippen molar-refractivity contribution in [3.05, 3.63) is 93.8 Å². The summed E-state index contributed by atoms with van der Waals surface area (Å²) in [7, 11) is 0. The standard InChI is InChI=1S/C27H26BrFN2O4/c1-2-34-25-12-17(11-21(28)26(25)35-16-18-7-3-5-9-22(18)29)14-30-24(27(32)33)13-19-15-31-23-10-6-4-8-20(19)23/h3-12,15,24,30-31H,2,13-14,16H2,1H3,(H,32,33)/t24-/m0/s1. The number of H-pyrrole nitrogens is 1. The zero-order valence-electron chi connectivity index (χ0n) is 19.2. The Balaban J connectivity index is 1.48. The van der Waals surface area contributed by atoms with Crippen LogP contribution in [-0.2, 0) is 24.4 Å². The Kier molecular flexibility index (Phi) is 8.05. The highest BCUT2D eigenvalue weighted by molar-refractivity contribution is 9.10. The summed E-state index contributed by atoms with van der Waals surface area (Å²) in [6, 6.07) is 17.1. The predicted octanol–water partition coefficient (Wildman–Crippen LogP) is 5.83. The van der Waals surface area contributed by atoms with Gasteiger partial charge in [0, 0.05) is 35.6 Å². The molecule has 3 N–H and O–H groups in total. The highest BCUT2D eigenvalue weighted by Gasteiger charge is 2.20. The van der Waals surface area contributed by atoms with Gasteiger partial charge in [0.05, 0.1) is 11.1 Å². The van der Waals surface area contributed by atoms with Crippen LogP contribution in [0.1, 0.15) is 23.6 Å². The molecule has 182 valence electrons. The van der Waals surface area contributed by atoms with E-state index < -0.39 is 12.0 Å². The minimum absolute atomic E-state index is 0.0503. The molecule has 1 atom stereocenters. The maximum atomic E-state index is 14.0. The third kappa shape index (κ3) is 6.01. The first kappa shape index (κ1) is 24.8. The average molecular weight is 541 g/mol. The highest BCUT2D eigenvalue weighted by atomic mass is 79.9. The molecule has 0 fully saturated rings. The third-order valence-corrected chi connectivity index (χ3v) is 6.24. The lowest BCUT2D eigenvalue weighted by Crippen LogP contribution is -2.38. The molecule has 35 heavy (non-hydrogen) atoms. The normalized spacial score (nSPS) is 12.0. The second-order valence-electron chi connectivity index (χ2n) is 8.05. The fraction of sp³-hybridized carbons (Fsp3) is 0.222. The lowest BCUT2D eigenvalue weighted by atomic mass is 10.0. The van der Waals surface area contributed by atoms with Gasteiger partial charge in [0.25, 0.3) is 0 Å². The van der Waals surface area contributed by atoms with Crippen molar-refractivity contribution in [1.29, 1.82) is 0 Å². The summed E-state index contributed by atoms with van der Waals surface area (Å²) in [4.78, 5) is 15.2. The summed E-state index contributed by atoms with van der Waals surface area (Å²) in [5.41, 5.74) is 3.18. The topological polar surface area (TPSA) is 83.6 Å². The van der Waals surface area contributed by atoms with Crippen LogP contribution in [0.5, 0.6) is 11.5 Å². The number of carboxylic acids is 1. The van der Waals surface area contributed by atoms with E-state index in [9.17, 15) is 14.3 Å². The van der Waals surface area contributed by atoms with Crippen molar-refractivity contribution in [2.45, 2.75) is 32.5 Å². The van der Waals surface area contributed by atoms with Crippen LogP contribution in [0.3, 0.4) is 0 Å². The van der Waals surface area contributed by atoms with E-state index in [1.54, 1.807) is 18.2 Å². The van der Waals surface area contributed by atoms with Crippen molar-refractivity contribution in [2.75, 3.05) is 6.61 Å². The summed E-state index contributed by atoms with van der Waals surface area (Å²) >= 11 is 3.52. The van der Waals surface area contributed by atoms with Gasteiger partial charge in [-0.05, 0) is 58.2 Å². The summed E-state index contributed by atoms with van der Waals surface area (Å²) < 4.78 is 26.3. The van der Waals surface area contributed by atoms with Gasteiger partial charge in [-0.1, -0.05) is 36.4 Å². The van der Waals surface area contributed by atoms with Gasteiger partial charge >= 0.3 is 5.97 Å². The third-order valence-electron chi connectivity index (χ3n) is 5.65. The molecule has 0 saturated carbocycles. The molecular weight excluding hydrogens is 515 g/mol. The number of halogens is 2. The fourth-order valence-corrected chi connectivity index (χ4v) is 4.50. The second kappa shape index (κ2) is 11.4. The molecule has 0 saturated heterocycles. The van der Waals surface area contributed by atoms with Gasteiger partial charge in [0.1, 0.15) is 18.5 Å². The maximum absolute atomic E-state index is 14.0. The molecule has 0 bridgehead atoms. The first-order chi connectivity index (χ1) is 17.0. The first-order valence-corrected chi connectivity index (χ1v) is 12.1. The molecule has 0 aliphatic carbocycles. The minimum atomic E-state index is -0.927. The Bertz CT molecular complexity index is 1320. The van der Waals surface area contributed by atoms with E-state index in [1.807, 2.05) is 49.5 Å². The molecule has 4 rings (SSSR count). The van der Waals surface area contributed by atoms with Gasteiger partial charge in [-0.2, -0.15) is 0 Å². The van der Waals surface area contributed by atoms with Crippen LogP contribution in [0, 0.1) is 5.82 Å². The number of benzene rings is 3. The Morgan fingerprint density at radius 3 is 2.66 bits per heavy atom. The van der Waals surface area contributed by atoms with Crippen molar-refractivity contribution in [3.63, 3.8) is 0 Å². The Morgan fingerprint density at radius 1 is 1.11 bits per heavy atom. The van der Waals surface area contributed by atoms with E-state index in [2.05, 4.69) is 26.2 Å². The molecule has 8 heteroatoms. The Hall–Kier alpha value is -3.36. The van der Waals surface area contributed by atoms with Crippen LogP contribution in [0.25, 0.3) is 10.9 Å². The number of aromatic nitrogens is 1. The number of aliphatic carboxylic acids is 1. The zero-order chi connectivity index (χ0) is 24.8. The van der Waals surface area contributed by atoms with Crippen LogP contribution < -0.4 is 14.8 Å². The number of hydrogen-bond acceptors (Lipinski definition) is 4. The van der Waals surface area contributed by atoms with Crippen LogP contribution in [0.4, 0.5) is 4.39 Å². The van der Waals surface area contributed by atoms with Crippen LogP contribution >= 0.6 is 15.9 Å². The highest BCUT2D eigenvalue weighted by Crippen LogP contribution is 2.37. The van der Waals surface area contributed by atoms with E-state index in [0.717, 1.165) is 22.0 Å². The Labute approximate surface area is 211 Å². The largest absolute Gasteiger partial charge is 0.490 e. The molecule has 0 spiro atoms. The lowest BCUT2D eigenvalue weighted by Gasteiger charge is -2.18. The van der Waals surface area contributed by atoms with Gasteiger partial charge < -0.3 is 24.9 Å². The van der Waals surface area contributed by atoms with Gasteiger partial charge in [-0.25, -0.2) is 4.39 Å². The summed E-state index contributed by atoms with van der Waals surface area (Å²) in [6.07, 6.45) is 2.19. The number of nitrogens with one attached hydrogen (secondary N) is 2. The second-order valence-corrected chi connectivity index (χ2v) is 8.91. The SMILES string of the molecule is CCOc1cc(CN[C@@H](Cc2c[nH]c3ccccc23)C(=O)O)cc(Br)c1OCc1ccccc1F. The van der Waals surface area contributed by atoms with Gasteiger partial charge in [0.2, 0.25) is 0 Å². The first-order valence-electron chi connectivity index (χ1n) is 11.3. The maximum Gasteiger partial charge on any atom is 0.321 e. The number of aromatic amines is 1. The molecule has 1 aromatic heterocycles. The van der Waals surface area contributed by atoms with E-state index in [0.29, 0.717) is 41.1 Å². The number of para-hydroxylation sites is 1. The van der Waals surface area contributed by atoms with Gasteiger partial charge in [-0.3, -0.25) is 4.79 Å². The van der Waals surface area contributed by atoms with Crippen LogP contribution in [0.15, 0.2) is 71.3 Å². The molecule has 0 unspecified atom stereocenters. The quantitative estimate of drug-likeness (QED) is 0.223. The number of hydrogen-bond donors (Lipinski definition) is 3. The number of fused-ring (bicyclic) bond motifs is 1. The fourth-order valence-electron chi connectivity index (χ4n) is 3.90. The van der Waals surface area contributed by atoms with Crippen molar-refractivity contribution in [2.24, 2.45) is 0 Å². The molecular formula is C27H26BrFN2O4. The van der Waals surface area contributed by atoms with Crippen molar-refractivity contribution < 1.29 is 23.8 Å². The monoisotopic (exact) mass is 540 g/mol. The minimum Gasteiger partial charge on any atom is -0.490 e. The molecule has 3 aromatic carbocycles. The van der Waals surface area contributed by atoms with Crippen LogP contribution in [0.2, 0.25) is 0 Å². The summed E-state index contributed by atoms with van der Waals surface area (Å²) in [5.74, 6) is -0.299. The number of ether oxygens (including phenoxy) is 2. The molecule has 0 radical (unpaired) electrons. The van der Waals surface area contributed by atoms with Crippen LogP contribution in [-0.4, -0.2) is 28.7 Å². The van der Waals surface area contributed by atoms with E-state index in [-0.39, 0.29) is 12.4 Å². The van der Waals surface area contributed by atoms with Crippen molar-refractivity contribution in [1.82, 2.24) is 10.3 Å². The van der Waals surface area contributed by atoms with Crippen molar-refractivity contribution in [3.8, 4) is 11.5 Å². The average Bonchev–Trinajstić information content (AvgIpc) is 3.25. The molecule has 0 amide bonds. The van der Waals surface area contributed by atoms with Crippen molar-refractivity contribution >= 4 is 32.8 Å². The number of rotatable bonds is 11. The van der Waals surface area contributed by atoms with E-state index in [4.69, 9.17) is 9.47 Å². The van der Waals surface area contributed by atoms with E-state index >= 15 is 0 Å². The molecule has 1 heterocycles. The lowest BCUT2D eigenvalue weighted by molar-refractivity contribution is -0.139. The predicted molar refractivity (Wildman–Crippen MR) is 136 cm³/mol. The molecule has 0 aliphatic rings. The van der Waals surface area contributed by atoms with Gasteiger partial charge in [0.15, 0.2) is 11.5 Å². The smallest absolute Gasteiger partial charge is 0.321 e. The van der Waals surface area contributed by atoms with E-state index in [1.165, 1.54) is 6.07 Å². The number of carboxylic acid groups (broad SMARTS) is 1. The summed E-state index contributed by atoms with van der Waals surface area (Å²) in [5, 5.41) is 14.0. The summed E-state index contributed by atoms with van der Waals surface area (Å²) in [6.45, 7) is 2.64. The number of carbonyl (C=O) groups is 1. The molecule has 4 aromatic rings. The molecule has 6 nitrogen and oxygen atoms in total. The van der Waals surface area contributed by atoms with Gasteiger partial charge in [-0.15, -0.1) is 0 Å². The Morgan fingerprint density at radius 2 is 1.89 bits per heavy atom. The zero-order valence-corrected chi connectivity index (χ0v) is 20.8. The molecule has 0 aliphatic heterocycles.